The lowest BCUT2D eigenvalue weighted by Crippen LogP contribution is -2.20. The minimum Gasteiger partial charge on any atom is -0.490 e. The van der Waals surface area contributed by atoms with E-state index in [1.807, 2.05) is 0 Å². The number of benzene rings is 2. The van der Waals surface area contributed by atoms with Crippen molar-refractivity contribution in [1.82, 2.24) is 0 Å². The molecule has 3 aromatic rings. The third-order valence-electron chi connectivity index (χ3n) is 3.38. The van der Waals surface area contributed by atoms with Gasteiger partial charge in [-0.05, 0) is 43.3 Å². The molecule has 0 saturated heterocycles. The zero-order valence-corrected chi connectivity index (χ0v) is 15.6. The summed E-state index contributed by atoms with van der Waals surface area (Å²) < 4.78 is 38.9. The number of ether oxygens (including phenoxy) is 1. The molecule has 1 heterocycles. The van der Waals surface area contributed by atoms with Gasteiger partial charge in [-0.1, -0.05) is 28.1 Å². The Morgan fingerprint density at radius 3 is 2.56 bits per heavy atom. The van der Waals surface area contributed by atoms with Crippen LogP contribution < -0.4 is 15.1 Å². The second kappa shape index (κ2) is 6.89. The smallest absolute Gasteiger partial charge is 0.357 e. The molecule has 0 bridgehead atoms. The van der Waals surface area contributed by atoms with Gasteiger partial charge in [0.25, 0.3) is 10.0 Å². The molecule has 6 nitrogen and oxygen atoms in total. The molecule has 0 spiro atoms. The number of hydrogen-bond donors (Lipinski definition) is 1. The molecule has 2 aromatic carbocycles. The molecular formula is C17H14BrNO5S. The van der Waals surface area contributed by atoms with Gasteiger partial charge in [0.2, 0.25) is 0 Å². The molecule has 1 N–H and O–H groups in total. The van der Waals surface area contributed by atoms with Gasteiger partial charge in [0.15, 0.2) is 16.2 Å². The van der Waals surface area contributed by atoms with Crippen LogP contribution in [-0.4, -0.2) is 15.0 Å². The Morgan fingerprint density at radius 2 is 1.88 bits per heavy atom. The molecule has 0 aliphatic heterocycles. The standard InChI is InChI=1S/C17H14BrNO5S/c1-2-23-14-5-3-4-11-10-15(17(20)24-16(11)14)25(21,22)19-13-8-6-12(18)7-9-13/h3-10,19H,2H2,1H3. The molecule has 0 amide bonds. The Bertz CT molecular complexity index is 1070. The molecule has 1 aromatic heterocycles. The van der Waals surface area contributed by atoms with E-state index in [2.05, 4.69) is 20.7 Å². The number of fused-ring (bicyclic) bond motifs is 1. The largest absolute Gasteiger partial charge is 0.490 e. The second-order valence-corrected chi connectivity index (χ2v) is 7.68. The van der Waals surface area contributed by atoms with Crippen LogP contribution in [0.5, 0.6) is 5.75 Å². The molecule has 3 rings (SSSR count). The first-order valence-corrected chi connectivity index (χ1v) is 9.66. The third kappa shape index (κ3) is 3.69. The monoisotopic (exact) mass is 423 g/mol. The maximum absolute atomic E-state index is 12.5. The number of para-hydroxylation sites is 1. The first-order valence-electron chi connectivity index (χ1n) is 7.39. The molecule has 0 atom stereocenters. The van der Waals surface area contributed by atoms with Crippen LogP contribution in [0.4, 0.5) is 5.69 Å². The van der Waals surface area contributed by atoms with E-state index in [0.717, 1.165) is 4.47 Å². The molecule has 0 aliphatic carbocycles. The molecule has 8 heteroatoms. The summed E-state index contributed by atoms with van der Waals surface area (Å²) in [7, 11) is -4.09. The molecule has 0 saturated carbocycles. The molecule has 130 valence electrons. The highest BCUT2D eigenvalue weighted by atomic mass is 79.9. The van der Waals surface area contributed by atoms with Crippen LogP contribution in [0.1, 0.15) is 6.92 Å². The predicted octanol–water partition coefficient (Wildman–Crippen LogP) is 3.76. The van der Waals surface area contributed by atoms with E-state index in [4.69, 9.17) is 9.15 Å². The fourth-order valence-corrected chi connectivity index (χ4v) is 3.65. The van der Waals surface area contributed by atoms with Crippen molar-refractivity contribution in [2.24, 2.45) is 0 Å². The van der Waals surface area contributed by atoms with Gasteiger partial charge in [0, 0.05) is 15.5 Å². The van der Waals surface area contributed by atoms with Crippen LogP contribution >= 0.6 is 15.9 Å². The summed E-state index contributed by atoms with van der Waals surface area (Å²) in [5.41, 5.74) is -0.396. The van der Waals surface area contributed by atoms with Crippen molar-refractivity contribution in [3.63, 3.8) is 0 Å². The molecule has 0 unspecified atom stereocenters. The highest BCUT2D eigenvalue weighted by Gasteiger charge is 2.22. The van der Waals surface area contributed by atoms with E-state index >= 15 is 0 Å². The van der Waals surface area contributed by atoms with Crippen molar-refractivity contribution in [2.75, 3.05) is 11.3 Å². The number of halogens is 1. The topological polar surface area (TPSA) is 85.6 Å². The minimum atomic E-state index is -4.09. The highest BCUT2D eigenvalue weighted by Crippen LogP contribution is 2.26. The molecule has 0 aliphatic rings. The average molecular weight is 424 g/mol. The maximum atomic E-state index is 12.5. The lowest BCUT2D eigenvalue weighted by molar-refractivity contribution is 0.336. The van der Waals surface area contributed by atoms with E-state index in [-0.39, 0.29) is 5.58 Å². The van der Waals surface area contributed by atoms with Gasteiger partial charge in [-0.25, -0.2) is 13.2 Å². The summed E-state index contributed by atoms with van der Waals surface area (Å²) in [4.78, 5) is 11.8. The number of sulfonamides is 1. The Hall–Kier alpha value is -2.32. The van der Waals surface area contributed by atoms with Gasteiger partial charge in [-0.3, -0.25) is 4.72 Å². The van der Waals surface area contributed by atoms with E-state index in [1.54, 1.807) is 49.4 Å². The van der Waals surface area contributed by atoms with Crippen molar-refractivity contribution >= 4 is 42.6 Å². The lowest BCUT2D eigenvalue weighted by atomic mass is 10.2. The fraction of sp³-hybridized carbons (Fsp3) is 0.118. The molecular weight excluding hydrogens is 410 g/mol. The minimum absolute atomic E-state index is 0.219. The Kier molecular flexibility index (Phi) is 4.82. The number of anilines is 1. The van der Waals surface area contributed by atoms with Gasteiger partial charge < -0.3 is 9.15 Å². The van der Waals surface area contributed by atoms with Crippen LogP contribution in [0.15, 0.2) is 67.1 Å². The van der Waals surface area contributed by atoms with Crippen LogP contribution in [0.25, 0.3) is 11.0 Å². The average Bonchev–Trinajstić information content (AvgIpc) is 2.57. The summed E-state index contributed by atoms with van der Waals surface area (Å²) in [6.45, 7) is 2.20. The number of rotatable bonds is 5. The van der Waals surface area contributed by atoms with E-state index in [0.29, 0.717) is 23.4 Å². The molecule has 0 radical (unpaired) electrons. The zero-order valence-electron chi connectivity index (χ0n) is 13.2. The van der Waals surface area contributed by atoms with Crippen LogP contribution in [0, 0.1) is 0 Å². The van der Waals surface area contributed by atoms with Gasteiger partial charge >= 0.3 is 5.63 Å². The van der Waals surface area contributed by atoms with Crippen molar-refractivity contribution in [3.05, 3.63) is 63.4 Å². The number of nitrogens with one attached hydrogen (secondary N) is 1. The molecule has 0 fully saturated rings. The summed E-state index contributed by atoms with van der Waals surface area (Å²) in [6.07, 6.45) is 0. The van der Waals surface area contributed by atoms with Crippen LogP contribution in [0.2, 0.25) is 0 Å². The third-order valence-corrected chi connectivity index (χ3v) is 5.27. The van der Waals surface area contributed by atoms with Gasteiger partial charge in [0.1, 0.15) is 0 Å². The normalized spacial score (nSPS) is 11.4. The van der Waals surface area contributed by atoms with Crippen LogP contribution in [0.3, 0.4) is 0 Å². The zero-order chi connectivity index (χ0) is 18.0. The molecule has 25 heavy (non-hydrogen) atoms. The summed E-state index contributed by atoms with van der Waals surface area (Å²) in [5.74, 6) is 0.391. The van der Waals surface area contributed by atoms with Crippen molar-refractivity contribution in [3.8, 4) is 5.75 Å². The van der Waals surface area contributed by atoms with Gasteiger partial charge in [-0.15, -0.1) is 0 Å². The SMILES string of the molecule is CCOc1cccc2cc(S(=O)(=O)Nc3ccc(Br)cc3)c(=O)oc12. The van der Waals surface area contributed by atoms with E-state index in [9.17, 15) is 13.2 Å². The number of hydrogen-bond acceptors (Lipinski definition) is 5. The summed E-state index contributed by atoms with van der Waals surface area (Å²) >= 11 is 3.27. The van der Waals surface area contributed by atoms with Crippen molar-refractivity contribution in [1.29, 1.82) is 0 Å². The lowest BCUT2D eigenvalue weighted by Gasteiger charge is -2.09. The van der Waals surface area contributed by atoms with Crippen LogP contribution in [-0.2, 0) is 10.0 Å². The van der Waals surface area contributed by atoms with E-state index in [1.165, 1.54) is 6.07 Å². The maximum Gasteiger partial charge on any atom is 0.357 e. The highest BCUT2D eigenvalue weighted by molar-refractivity contribution is 9.10. The Labute approximate surface area is 152 Å². The first kappa shape index (κ1) is 17.5. The van der Waals surface area contributed by atoms with Crippen molar-refractivity contribution < 1.29 is 17.6 Å². The summed E-state index contributed by atoms with van der Waals surface area (Å²) in [5, 5.41) is 0.460. The predicted molar refractivity (Wildman–Crippen MR) is 98.6 cm³/mol. The van der Waals surface area contributed by atoms with Gasteiger partial charge in [-0.2, -0.15) is 0 Å². The second-order valence-electron chi connectivity index (χ2n) is 5.12. The summed E-state index contributed by atoms with van der Waals surface area (Å²) in [6, 6.07) is 12.8. The van der Waals surface area contributed by atoms with Crippen molar-refractivity contribution in [2.45, 2.75) is 11.8 Å². The van der Waals surface area contributed by atoms with E-state index < -0.39 is 20.5 Å². The quantitative estimate of drug-likeness (QED) is 0.631. The first-order chi connectivity index (χ1) is 11.9. The Balaban J connectivity index is 2.07. The Morgan fingerprint density at radius 1 is 1.16 bits per heavy atom. The fourth-order valence-electron chi connectivity index (χ4n) is 2.28. The van der Waals surface area contributed by atoms with Gasteiger partial charge in [0.05, 0.1) is 6.61 Å².